The van der Waals surface area contributed by atoms with Crippen LogP contribution in [0.1, 0.15) is 17.2 Å². The summed E-state index contributed by atoms with van der Waals surface area (Å²) >= 11 is 11.8. The number of hydrogen-bond donors (Lipinski definition) is 0. The van der Waals surface area contributed by atoms with Gasteiger partial charge in [-0.3, -0.25) is 4.90 Å². The molecular weight excluding hydrogens is 536 g/mol. The minimum Gasteiger partial charge on any atom is -0.367 e. The monoisotopic (exact) mass is 558 g/mol. The van der Waals surface area contributed by atoms with Gasteiger partial charge in [0.05, 0.1) is 22.6 Å². The third-order valence-electron chi connectivity index (χ3n) is 6.02. The molecule has 1 heterocycles. The smallest absolute Gasteiger partial charge is 0.243 e. The zero-order valence-corrected chi connectivity index (χ0v) is 21.3. The van der Waals surface area contributed by atoms with Crippen LogP contribution in [0, 0.1) is 17.5 Å². The number of ether oxygens (including phenoxy) is 1. The molecule has 1 aliphatic heterocycles. The lowest BCUT2D eigenvalue weighted by Gasteiger charge is -2.36. The van der Waals surface area contributed by atoms with Crippen molar-refractivity contribution in [2.75, 3.05) is 32.7 Å². The highest BCUT2D eigenvalue weighted by molar-refractivity contribution is 7.89. The van der Waals surface area contributed by atoms with Gasteiger partial charge in [-0.05, 0) is 48.0 Å². The number of hydrogen-bond acceptors (Lipinski definition) is 4. The Bertz CT molecular complexity index is 1300. The highest BCUT2D eigenvalue weighted by Gasteiger charge is 2.30. The van der Waals surface area contributed by atoms with Gasteiger partial charge in [-0.25, -0.2) is 21.6 Å². The van der Waals surface area contributed by atoms with E-state index in [1.807, 2.05) is 4.90 Å². The summed E-state index contributed by atoms with van der Waals surface area (Å²) < 4.78 is 74.9. The van der Waals surface area contributed by atoms with Gasteiger partial charge in [0.25, 0.3) is 0 Å². The van der Waals surface area contributed by atoms with E-state index in [1.54, 1.807) is 24.3 Å². The van der Waals surface area contributed by atoms with E-state index in [9.17, 15) is 21.6 Å². The van der Waals surface area contributed by atoms with Gasteiger partial charge in [-0.15, -0.1) is 0 Å². The first-order valence-corrected chi connectivity index (χ1v) is 13.3. The first kappa shape index (κ1) is 26.9. The summed E-state index contributed by atoms with van der Waals surface area (Å²) in [6, 6.07) is 13.9. The van der Waals surface area contributed by atoms with Crippen molar-refractivity contribution in [3.8, 4) is 0 Å². The molecule has 1 aliphatic rings. The van der Waals surface area contributed by atoms with Gasteiger partial charge in [0.15, 0.2) is 0 Å². The molecule has 0 amide bonds. The van der Waals surface area contributed by atoms with Gasteiger partial charge in [0.1, 0.15) is 17.5 Å². The predicted octanol–water partition coefficient (Wildman–Crippen LogP) is 5.68. The lowest BCUT2D eigenvalue weighted by atomic mass is 10.1. The normalized spacial score (nSPS) is 16.2. The summed E-state index contributed by atoms with van der Waals surface area (Å²) in [5, 5.41) is 0.279. The predicted molar refractivity (Wildman–Crippen MR) is 132 cm³/mol. The van der Waals surface area contributed by atoms with E-state index in [4.69, 9.17) is 27.9 Å². The fraction of sp³-hybridized carbons (Fsp3) is 0.280. The second-order valence-electron chi connectivity index (χ2n) is 8.33. The van der Waals surface area contributed by atoms with Crippen LogP contribution in [0.5, 0.6) is 0 Å². The summed E-state index contributed by atoms with van der Waals surface area (Å²) in [6.45, 7) is 1.30. The molecule has 0 bridgehead atoms. The van der Waals surface area contributed by atoms with Crippen molar-refractivity contribution in [3.05, 3.63) is 99.3 Å². The van der Waals surface area contributed by atoms with E-state index in [0.717, 1.165) is 17.7 Å². The average molecular weight is 559 g/mol. The largest absolute Gasteiger partial charge is 0.367 e. The first-order chi connectivity index (χ1) is 17.1. The fourth-order valence-corrected chi connectivity index (χ4v) is 5.78. The summed E-state index contributed by atoms with van der Waals surface area (Å²) in [4.78, 5) is 1.94. The molecule has 1 fully saturated rings. The Labute approximate surface area is 218 Å². The van der Waals surface area contributed by atoms with Gasteiger partial charge in [0.2, 0.25) is 10.0 Å². The Morgan fingerprint density at radius 3 is 2.11 bits per heavy atom. The molecule has 4 rings (SSSR count). The molecule has 0 aliphatic carbocycles. The maximum Gasteiger partial charge on any atom is 0.243 e. The Hall–Kier alpha value is -2.14. The number of sulfonamides is 1. The maximum atomic E-state index is 14.1. The van der Waals surface area contributed by atoms with Crippen LogP contribution < -0.4 is 0 Å². The van der Waals surface area contributed by atoms with E-state index in [2.05, 4.69) is 0 Å². The number of halogens is 5. The van der Waals surface area contributed by atoms with Crippen molar-refractivity contribution in [2.45, 2.75) is 17.6 Å². The van der Waals surface area contributed by atoms with Gasteiger partial charge < -0.3 is 4.74 Å². The SMILES string of the molecule is O=S(=O)(c1ccc(F)c(Cl)c1)N1CCN(CC(OCc2c(F)cccc2F)c2ccc(Cl)cc2)CC1. The second-order valence-corrected chi connectivity index (χ2v) is 11.1. The van der Waals surface area contributed by atoms with E-state index in [-0.39, 0.29) is 35.2 Å². The van der Waals surface area contributed by atoms with Crippen LogP contribution in [-0.4, -0.2) is 50.3 Å². The van der Waals surface area contributed by atoms with Crippen LogP contribution in [0.2, 0.25) is 10.0 Å². The van der Waals surface area contributed by atoms with Crippen molar-refractivity contribution >= 4 is 33.2 Å². The van der Waals surface area contributed by atoms with Crippen LogP contribution in [0.3, 0.4) is 0 Å². The fourth-order valence-electron chi connectivity index (χ4n) is 3.96. The van der Waals surface area contributed by atoms with Gasteiger partial charge in [0, 0.05) is 43.3 Å². The molecule has 1 saturated heterocycles. The van der Waals surface area contributed by atoms with E-state index >= 15 is 0 Å². The van der Waals surface area contributed by atoms with Crippen molar-refractivity contribution in [1.82, 2.24) is 9.21 Å². The molecule has 36 heavy (non-hydrogen) atoms. The van der Waals surface area contributed by atoms with Crippen LogP contribution in [0.4, 0.5) is 13.2 Å². The second kappa shape index (κ2) is 11.5. The van der Waals surface area contributed by atoms with Crippen molar-refractivity contribution in [1.29, 1.82) is 0 Å². The van der Waals surface area contributed by atoms with Gasteiger partial charge >= 0.3 is 0 Å². The number of rotatable bonds is 8. The van der Waals surface area contributed by atoms with Gasteiger partial charge in [-0.2, -0.15) is 4.31 Å². The molecule has 1 atom stereocenters. The molecule has 0 N–H and O–H groups in total. The lowest BCUT2D eigenvalue weighted by Crippen LogP contribution is -2.49. The minimum absolute atomic E-state index is 0.0726. The summed E-state index contributed by atoms with van der Waals surface area (Å²) in [5.74, 6) is -2.07. The van der Waals surface area contributed by atoms with Crippen LogP contribution >= 0.6 is 23.2 Å². The summed E-state index contributed by atoms with van der Waals surface area (Å²) in [7, 11) is -3.84. The van der Waals surface area contributed by atoms with E-state index < -0.39 is 33.6 Å². The number of piperazine rings is 1. The lowest BCUT2D eigenvalue weighted by molar-refractivity contribution is 0.00547. The molecule has 0 radical (unpaired) electrons. The number of benzene rings is 3. The third kappa shape index (κ3) is 6.22. The maximum absolute atomic E-state index is 14.1. The Balaban J connectivity index is 1.44. The third-order valence-corrected chi connectivity index (χ3v) is 8.45. The Morgan fingerprint density at radius 1 is 0.861 bits per heavy atom. The zero-order valence-electron chi connectivity index (χ0n) is 19.0. The molecule has 0 aromatic heterocycles. The molecule has 0 saturated carbocycles. The molecule has 5 nitrogen and oxygen atoms in total. The minimum atomic E-state index is -3.84. The zero-order chi connectivity index (χ0) is 25.9. The average Bonchev–Trinajstić information content (AvgIpc) is 2.85. The summed E-state index contributed by atoms with van der Waals surface area (Å²) in [6.07, 6.45) is -0.541. The van der Waals surface area contributed by atoms with Crippen molar-refractivity contribution in [3.63, 3.8) is 0 Å². The molecule has 11 heteroatoms. The Kier molecular flexibility index (Phi) is 8.59. The molecule has 3 aromatic rings. The summed E-state index contributed by atoms with van der Waals surface area (Å²) in [5.41, 5.74) is 0.609. The number of nitrogens with zero attached hydrogens (tertiary/aromatic N) is 2. The molecule has 1 unspecified atom stereocenters. The molecule has 192 valence electrons. The Morgan fingerprint density at radius 2 is 1.50 bits per heavy atom. The van der Waals surface area contributed by atoms with Crippen molar-refractivity contribution in [2.24, 2.45) is 0 Å². The standard InChI is InChI=1S/C25H23Cl2F3N2O3S/c26-18-6-4-17(5-7-18)25(35-16-20-22(28)2-1-3-23(20)29)15-31-10-12-32(13-11-31)36(33,34)19-8-9-24(30)21(27)14-19/h1-9,14,25H,10-13,15-16H2. The van der Waals surface area contributed by atoms with Crippen LogP contribution in [0.25, 0.3) is 0 Å². The molecule has 0 spiro atoms. The first-order valence-electron chi connectivity index (χ1n) is 11.1. The topological polar surface area (TPSA) is 49.9 Å². The van der Waals surface area contributed by atoms with E-state index in [0.29, 0.717) is 24.7 Å². The van der Waals surface area contributed by atoms with Crippen LogP contribution in [0.15, 0.2) is 65.6 Å². The van der Waals surface area contributed by atoms with Gasteiger partial charge in [-0.1, -0.05) is 41.4 Å². The molecular formula is C25H23Cl2F3N2O3S. The molecule has 3 aromatic carbocycles. The quantitative estimate of drug-likeness (QED) is 0.357. The van der Waals surface area contributed by atoms with Crippen LogP contribution in [-0.2, 0) is 21.4 Å². The van der Waals surface area contributed by atoms with Crippen molar-refractivity contribution < 1.29 is 26.3 Å². The highest BCUT2D eigenvalue weighted by atomic mass is 35.5. The van der Waals surface area contributed by atoms with E-state index in [1.165, 1.54) is 28.6 Å². The highest BCUT2D eigenvalue weighted by Crippen LogP contribution is 2.26.